The van der Waals surface area contributed by atoms with E-state index in [-0.39, 0.29) is 35.3 Å². The van der Waals surface area contributed by atoms with Crippen molar-refractivity contribution in [1.82, 2.24) is 20.8 Å². The molecule has 1 aliphatic carbocycles. The van der Waals surface area contributed by atoms with Gasteiger partial charge in [0.2, 0.25) is 17.7 Å². The zero-order chi connectivity index (χ0) is 36.6. The lowest BCUT2D eigenvalue weighted by Crippen LogP contribution is -2.64. The van der Waals surface area contributed by atoms with Crippen molar-refractivity contribution in [3.05, 3.63) is 107 Å². The fraction of sp³-hybridized carbons (Fsp3) is 0.350. The fourth-order valence-electron chi connectivity index (χ4n) is 7.91. The van der Waals surface area contributed by atoms with Crippen molar-refractivity contribution >= 4 is 29.3 Å². The molecule has 4 amide bonds. The van der Waals surface area contributed by atoms with Gasteiger partial charge >= 0.3 is 0 Å². The molecule has 0 bridgehead atoms. The number of rotatable bonds is 12. The number of benzene rings is 3. The summed E-state index contributed by atoms with van der Waals surface area (Å²) in [6.45, 7) is 5.99. The van der Waals surface area contributed by atoms with E-state index in [1.165, 1.54) is 0 Å². The van der Waals surface area contributed by atoms with Crippen LogP contribution in [-0.2, 0) is 15.0 Å². The van der Waals surface area contributed by atoms with E-state index in [0.717, 1.165) is 24.0 Å². The predicted molar refractivity (Wildman–Crippen MR) is 191 cm³/mol. The van der Waals surface area contributed by atoms with E-state index in [0.29, 0.717) is 53.6 Å². The average molecular weight is 704 g/mol. The van der Waals surface area contributed by atoms with Gasteiger partial charge in [0.05, 0.1) is 34.4 Å². The van der Waals surface area contributed by atoms with Crippen LogP contribution in [0.3, 0.4) is 0 Å². The third-order valence-corrected chi connectivity index (χ3v) is 10.9. The van der Waals surface area contributed by atoms with Gasteiger partial charge in [0.1, 0.15) is 17.6 Å². The number of aliphatic hydroxyl groups is 1. The number of aromatic nitrogens is 2. The molecule has 2 atom stereocenters. The Labute approximate surface area is 301 Å². The minimum atomic E-state index is -0.702. The maximum absolute atomic E-state index is 13.1. The number of aliphatic hydroxyl groups excluding tert-OH is 1. The van der Waals surface area contributed by atoms with Crippen molar-refractivity contribution in [2.24, 2.45) is 5.92 Å². The van der Waals surface area contributed by atoms with Crippen LogP contribution in [0.4, 0.5) is 5.69 Å². The molecule has 268 valence electrons. The number of piperidine rings is 1. The van der Waals surface area contributed by atoms with Gasteiger partial charge < -0.3 is 19.9 Å². The highest BCUT2D eigenvalue weighted by molar-refractivity contribution is 6.21. The summed E-state index contributed by atoms with van der Waals surface area (Å²) in [7, 11) is 0. The maximum Gasteiger partial charge on any atom is 0.259 e. The number of nitrogens with one attached hydrogen (secondary N) is 3. The molecule has 3 aromatic carbocycles. The number of ether oxygens (including phenoxy) is 2. The van der Waals surface area contributed by atoms with E-state index in [1.807, 2.05) is 24.3 Å². The zero-order valence-corrected chi connectivity index (χ0v) is 29.3. The zero-order valence-electron chi connectivity index (χ0n) is 29.3. The summed E-state index contributed by atoms with van der Waals surface area (Å²) in [5.41, 5.74) is 3.06. The third-order valence-electron chi connectivity index (χ3n) is 10.9. The predicted octanol–water partition coefficient (Wildman–Crippen LogP) is 5.76. The van der Waals surface area contributed by atoms with E-state index in [9.17, 15) is 24.3 Å². The number of carbonyl (C=O) groups excluding carboxylic acids is 4. The van der Waals surface area contributed by atoms with Crippen LogP contribution in [0.25, 0.3) is 0 Å². The number of fused-ring (bicyclic) bond motifs is 1. The van der Waals surface area contributed by atoms with Crippen molar-refractivity contribution in [3.8, 4) is 17.4 Å². The van der Waals surface area contributed by atoms with Crippen LogP contribution in [0, 0.1) is 5.92 Å². The van der Waals surface area contributed by atoms with Gasteiger partial charge in [0.25, 0.3) is 11.8 Å². The van der Waals surface area contributed by atoms with E-state index in [1.54, 1.807) is 37.3 Å². The molecule has 7 rings (SSSR count). The summed E-state index contributed by atoms with van der Waals surface area (Å²) in [6.07, 6.45) is 2.50. The standard InChI is InChI=1S/C40H41N5O7/c1-4-39(5-2,25-8-13-28(14-9-25)52-35-19-17-33(23(3)46)44-45-35)24-6-11-27(12-7-24)51-29-21-40(22-29,32-16-18-34(47)41-38(32)50)43-26-10-15-30-31(20-26)37(49)42-36(30)48/h6-15,17,19-20,23,29,32,43,46H,4-5,16,18,21-22H2,1-3H3,(H,41,47,50)(H,42,48,49)/t23-,29?,32+,40?/m1/s1. The molecule has 4 N–H and O–H groups in total. The first-order chi connectivity index (χ1) is 25.0. The molecular formula is C40H41N5O7. The molecule has 52 heavy (non-hydrogen) atoms. The molecule has 3 aliphatic rings. The van der Waals surface area contributed by atoms with Gasteiger partial charge in [-0.25, -0.2) is 0 Å². The molecule has 0 unspecified atom stereocenters. The number of amides is 4. The molecule has 12 nitrogen and oxygen atoms in total. The van der Waals surface area contributed by atoms with E-state index < -0.39 is 29.4 Å². The van der Waals surface area contributed by atoms with E-state index in [2.05, 4.69) is 64.3 Å². The van der Waals surface area contributed by atoms with Crippen molar-refractivity contribution in [1.29, 1.82) is 0 Å². The highest BCUT2D eigenvalue weighted by atomic mass is 16.5. The lowest BCUT2D eigenvalue weighted by Gasteiger charge is -2.52. The smallest absolute Gasteiger partial charge is 0.259 e. The molecule has 2 fully saturated rings. The normalized spacial score (nSPS) is 21.8. The van der Waals surface area contributed by atoms with Gasteiger partial charge in [-0.2, -0.15) is 0 Å². The van der Waals surface area contributed by atoms with Crippen LogP contribution in [0.15, 0.2) is 78.9 Å². The number of anilines is 1. The SMILES string of the molecule is CCC(CC)(c1ccc(Oc2ccc([C@@H](C)O)nn2)cc1)c1ccc(OC2CC(Nc3ccc4c(c3)C(=O)NC4=O)([C@H]3CCC(=O)NC3=O)C2)cc1. The van der Waals surface area contributed by atoms with Gasteiger partial charge in [0.15, 0.2) is 0 Å². The molecule has 0 radical (unpaired) electrons. The first kappa shape index (κ1) is 34.8. The average Bonchev–Trinajstić information content (AvgIpc) is 3.41. The van der Waals surface area contributed by atoms with Crippen molar-refractivity contribution in [2.75, 3.05) is 5.32 Å². The summed E-state index contributed by atoms with van der Waals surface area (Å²) in [5, 5.41) is 26.1. The Morgan fingerprint density at radius 3 is 2.10 bits per heavy atom. The third kappa shape index (κ3) is 6.50. The molecule has 12 heteroatoms. The van der Waals surface area contributed by atoms with Gasteiger partial charge in [-0.1, -0.05) is 38.1 Å². The van der Waals surface area contributed by atoms with E-state index in [4.69, 9.17) is 9.47 Å². The van der Waals surface area contributed by atoms with Gasteiger partial charge in [0, 0.05) is 36.4 Å². The van der Waals surface area contributed by atoms with Crippen LogP contribution in [-0.4, -0.2) is 50.6 Å². The fourth-order valence-corrected chi connectivity index (χ4v) is 7.91. The first-order valence-corrected chi connectivity index (χ1v) is 17.7. The Kier molecular flexibility index (Phi) is 9.26. The summed E-state index contributed by atoms with van der Waals surface area (Å²) < 4.78 is 12.3. The number of nitrogens with zero attached hydrogens (tertiary/aromatic N) is 2. The maximum atomic E-state index is 13.1. The van der Waals surface area contributed by atoms with Gasteiger partial charge in [-0.3, -0.25) is 29.8 Å². The Balaban J connectivity index is 1.05. The van der Waals surface area contributed by atoms with Crippen LogP contribution in [0.1, 0.15) is 103 Å². The Morgan fingerprint density at radius 1 is 0.846 bits per heavy atom. The lowest BCUT2D eigenvalue weighted by atomic mass is 9.63. The Morgan fingerprint density at radius 2 is 1.50 bits per heavy atom. The number of carbonyl (C=O) groups is 4. The molecule has 1 saturated heterocycles. The minimum absolute atomic E-state index is 0.189. The first-order valence-electron chi connectivity index (χ1n) is 17.7. The molecular weight excluding hydrogens is 662 g/mol. The van der Waals surface area contributed by atoms with Crippen LogP contribution < -0.4 is 25.4 Å². The number of hydrogen-bond donors (Lipinski definition) is 4. The number of imide groups is 2. The molecule has 2 aliphatic heterocycles. The van der Waals surface area contributed by atoms with E-state index >= 15 is 0 Å². The second-order valence-electron chi connectivity index (χ2n) is 13.9. The largest absolute Gasteiger partial charge is 0.490 e. The van der Waals surface area contributed by atoms with Gasteiger partial charge in [-0.15, -0.1) is 10.2 Å². The van der Waals surface area contributed by atoms with Crippen molar-refractivity contribution < 1.29 is 33.8 Å². The Bertz CT molecular complexity index is 2000. The highest BCUT2D eigenvalue weighted by Crippen LogP contribution is 2.47. The second-order valence-corrected chi connectivity index (χ2v) is 13.9. The molecule has 3 heterocycles. The summed E-state index contributed by atoms with van der Waals surface area (Å²) in [6, 6.07) is 24.5. The Hall–Kier alpha value is -5.62. The number of hydrogen-bond acceptors (Lipinski definition) is 10. The molecule has 1 saturated carbocycles. The molecule has 1 aromatic heterocycles. The highest BCUT2D eigenvalue weighted by Gasteiger charge is 2.55. The van der Waals surface area contributed by atoms with Crippen LogP contribution in [0.2, 0.25) is 0 Å². The minimum Gasteiger partial charge on any atom is -0.490 e. The van der Waals surface area contributed by atoms with Crippen molar-refractivity contribution in [3.63, 3.8) is 0 Å². The summed E-state index contributed by atoms with van der Waals surface area (Å²) in [4.78, 5) is 49.5. The summed E-state index contributed by atoms with van der Waals surface area (Å²) in [5.74, 6) is -0.284. The van der Waals surface area contributed by atoms with Crippen LogP contribution >= 0.6 is 0 Å². The topological polar surface area (TPSA) is 169 Å². The molecule has 4 aromatic rings. The quantitative estimate of drug-likeness (QED) is 0.133. The van der Waals surface area contributed by atoms with Gasteiger partial charge in [-0.05, 0) is 85.8 Å². The van der Waals surface area contributed by atoms with Crippen molar-refractivity contribution in [2.45, 2.75) is 82.5 Å². The lowest BCUT2D eigenvalue weighted by molar-refractivity contribution is -0.140. The monoisotopic (exact) mass is 703 g/mol. The summed E-state index contributed by atoms with van der Waals surface area (Å²) >= 11 is 0. The second kappa shape index (κ2) is 13.8. The van der Waals surface area contributed by atoms with Crippen LogP contribution in [0.5, 0.6) is 17.4 Å². The molecule has 0 spiro atoms.